The molecule has 0 saturated carbocycles. The second-order valence-corrected chi connectivity index (χ2v) is 3.69. The highest BCUT2D eigenvalue weighted by Crippen LogP contribution is 2.27. The summed E-state index contributed by atoms with van der Waals surface area (Å²) in [5.41, 5.74) is 0.839. The molecule has 0 aliphatic heterocycles. The molecule has 1 N–H and O–H groups in total. The van der Waals surface area contributed by atoms with Gasteiger partial charge < -0.3 is 4.98 Å². The zero-order valence-corrected chi connectivity index (χ0v) is 9.07. The molecule has 0 aliphatic carbocycles. The zero-order chi connectivity index (χ0) is 10.8. The third-order valence-corrected chi connectivity index (χ3v) is 2.45. The van der Waals surface area contributed by atoms with Crippen LogP contribution < -0.4 is 0 Å². The predicted molar refractivity (Wildman–Crippen MR) is 59.8 cm³/mol. The van der Waals surface area contributed by atoms with E-state index in [9.17, 15) is 4.39 Å². The molecule has 0 atom stereocenters. The van der Waals surface area contributed by atoms with Gasteiger partial charge in [-0.15, -0.1) is 0 Å². The number of benzene rings is 1. The van der Waals surface area contributed by atoms with Gasteiger partial charge in [-0.25, -0.2) is 9.37 Å². The summed E-state index contributed by atoms with van der Waals surface area (Å²) in [5.74, 6) is -0.475. The summed E-state index contributed by atoms with van der Waals surface area (Å²) in [6.45, 7) is 0. The highest BCUT2D eigenvalue weighted by Gasteiger charge is 2.08. The van der Waals surface area contributed by atoms with E-state index in [1.54, 1.807) is 24.3 Å². The van der Waals surface area contributed by atoms with Gasteiger partial charge >= 0.3 is 0 Å². The van der Waals surface area contributed by atoms with Crippen molar-refractivity contribution in [2.45, 2.75) is 0 Å². The maximum atomic E-state index is 13.4. The van der Waals surface area contributed by atoms with E-state index in [0.717, 1.165) is 6.20 Å². The molecule has 0 aliphatic rings. The minimum absolute atomic E-state index is 0.228. The standard InChI is InChI=1S/C10H6ClFN2S/c11-7-4-2-1-3-6(7)9-8(12)5-13-10(15)14-9/h1-5H,(H,13,14,15). The third-order valence-electron chi connectivity index (χ3n) is 1.91. The van der Waals surface area contributed by atoms with Crippen molar-refractivity contribution < 1.29 is 4.39 Å². The predicted octanol–water partition coefficient (Wildman–Crippen LogP) is 3.60. The van der Waals surface area contributed by atoms with Gasteiger partial charge in [-0.2, -0.15) is 0 Å². The van der Waals surface area contributed by atoms with Crippen LogP contribution in [0, 0.1) is 10.6 Å². The zero-order valence-electron chi connectivity index (χ0n) is 7.50. The number of hydrogen-bond acceptors (Lipinski definition) is 2. The van der Waals surface area contributed by atoms with Crippen LogP contribution in [0.1, 0.15) is 0 Å². The first-order valence-electron chi connectivity index (χ1n) is 4.18. The second kappa shape index (κ2) is 4.08. The summed E-state index contributed by atoms with van der Waals surface area (Å²) in [6, 6.07) is 6.96. The van der Waals surface area contributed by atoms with Crippen LogP contribution in [0.2, 0.25) is 5.02 Å². The highest BCUT2D eigenvalue weighted by molar-refractivity contribution is 7.71. The number of nitrogens with zero attached hydrogens (tertiary/aromatic N) is 1. The molecule has 15 heavy (non-hydrogen) atoms. The van der Waals surface area contributed by atoms with Crippen LogP contribution in [0.15, 0.2) is 30.5 Å². The van der Waals surface area contributed by atoms with Crippen LogP contribution in [0.5, 0.6) is 0 Å². The van der Waals surface area contributed by atoms with Crippen molar-refractivity contribution in [3.63, 3.8) is 0 Å². The third kappa shape index (κ3) is 2.06. The Morgan fingerprint density at radius 2 is 2.07 bits per heavy atom. The molecule has 0 saturated heterocycles. The van der Waals surface area contributed by atoms with Gasteiger partial charge in [-0.1, -0.05) is 29.8 Å². The molecule has 0 unspecified atom stereocenters. The Hall–Kier alpha value is -1.26. The Morgan fingerprint density at radius 3 is 2.80 bits per heavy atom. The molecule has 0 amide bonds. The number of halogens is 2. The van der Waals surface area contributed by atoms with Gasteiger partial charge in [-0.3, -0.25) is 0 Å². The number of nitrogens with one attached hydrogen (secondary N) is 1. The molecule has 76 valence electrons. The molecule has 5 heteroatoms. The summed E-state index contributed by atoms with van der Waals surface area (Å²) in [4.78, 5) is 6.31. The van der Waals surface area contributed by atoms with Gasteiger partial charge in [0, 0.05) is 10.6 Å². The van der Waals surface area contributed by atoms with E-state index in [4.69, 9.17) is 23.8 Å². The summed E-state index contributed by atoms with van der Waals surface area (Å²) >= 11 is 10.8. The molecule has 1 aromatic carbocycles. The lowest BCUT2D eigenvalue weighted by Gasteiger charge is -2.04. The summed E-state index contributed by atoms with van der Waals surface area (Å²) in [6.07, 6.45) is 1.08. The molecule has 0 radical (unpaired) electrons. The van der Waals surface area contributed by atoms with Crippen LogP contribution in [-0.2, 0) is 0 Å². The van der Waals surface area contributed by atoms with Gasteiger partial charge in [0.25, 0.3) is 0 Å². The fourth-order valence-electron chi connectivity index (χ4n) is 1.24. The lowest BCUT2D eigenvalue weighted by atomic mass is 10.1. The van der Waals surface area contributed by atoms with Crippen molar-refractivity contribution in [2.24, 2.45) is 0 Å². The van der Waals surface area contributed by atoms with Gasteiger partial charge in [0.05, 0.1) is 11.9 Å². The van der Waals surface area contributed by atoms with E-state index in [1.807, 2.05) is 0 Å². The number of H-pyrrole nitrogens is 1. The largest absolute Gasteiger partial charge is 0.328 e. The van der Waals surface area contributed by atoms with E-state index >= 15 is 0 Å². The maximum Gasteiger partial charge on any atom is 0.197 e. The number of aromatic amines is 1. The van der Waals surface area contributed by atoms with Crippen LogP contribution in [0.25, 0.3) is 11.3 Å². The van der Waals surface area contributed by atoms with E-state index in [1.165, 1.54) is 0 Å². The monoisotopic (exact) mass is 240 g/mol. The summed E-state index contributed by atoms with van der Waals surface area (Å²) in [5, 5.41) is 0.466. The van der Waals surface area contributed by atoms with Crippen molar-refractivity contribution in [3.05, 3.63) is 46.1 Å². The van der Waals surface area contributed by atoms with Crippen molar-refractivity contribution >= 4 is 23.8 Å². The van der Waals surface area contributed by atoms with Gasteiger partial charge in [0.2, 0.25) is 0 Å². The normalized spacial score (nSPS) is 10.3. The maximum absolute atomic E-state index is 13.4. The first-order chi connectivity index (χ1) is 7.18. The molecule has 2 aromatic rings. The molecule has 0 bridgehead atoms. The number of rotatable bonds is 1. The number of hydrogen-bond donors (Lipinski definition) is 1. The van der Waals surface area contributed by atoms with Gasteiger partial charge in [0.15, 0.2) is 10.6 Å². The van der Waals surface area contributed by atoms with E-state index in [0.29, 0.717) is 10.6 Å². The molecular weight excluding hydrogens is 235 g/mol. The van der Waals surface area contributed by atoms with Crippen molar-refractivity contribution in [2.75, 3.05) is 0 Å². The molecule has 0 spiro atoms. The minimum atomic E-state index is -0.475. The quantitative estimate of drug-likeness (QED) is 0.772. The fraction of sp³-hybridized carbons (Fsp3) is 0. The first-order valence-corrected chi connectivity index (χ1v) is 4.97. The highest BCUT2D eigenvalue weighted by atomic mass is 35.5. The SMILES string of the molecule is Fc1cnc(=S)[nH]c1-c1ccccc1Cl. The van der Waals surface area contributed by atoms with E-state index in [2.05, 4.69) is 9.97 Å². The molecule has 2 rings (SSSR count). The van der Waals surface area contributed by atoms with Crippen molar-refractivity contribution in [1.82, 2.24) is 9.97 Å². The number of aromatic nitrogens is 2. The fourth-order valence-corrected chi connectivity index (χ4v) is 1.62. The minimum Gasteiger partial charge on any atom is -0.328 e. The Morgan fingerprint density at radius 1 is 1.33 bits per heavy atom. The van der Waals surface area contributed by atoms with E-state index < -0.39 is 5.82 Å². The topological polar surface area (TPSA) is 28.7 Å². The van der Waals surface area contributed by atoms with Gasteiger partial charge in [-0.05, 0) is 18.3 Å². The second-order valence-electron chi connectivity index (χ2n) is 2.89. The molecule has 1 aromatic heterocycles. The van der Waals surface area contributed by atoms with Crippen molar-refractivity contribution in [3.8, 4) is 11.3 Å². The van der Waals surface area contributed by atoms with Crippen LogP contribution in [0.3, 0.4) is 0 Å². The molecule has 1 heterocycles. The molecule has 2 nitrogen and oxygen atoms in total. The van der Waals surface area contributed by atoms with Crippen LogP contribution in [-0.4, -0.2) is 9.97 Å². The Labute approximate surface area is 95.8 Å². The summed E-state index contributed by atoms with van der Waals surface area (Å²) < 4.78 is 13.7. The molecular formula is C10H6ClFN2S. The molecule has 0 fully saturated rings. The average Bonchev–Trinajstić information content (AvgIpc) is 2.23. The lowest BCUT2D eigenvalue weighted by molar-refractivity contribution is 0.617. The van der Waals surface area contributed by atoms with Crippen molar-refractivity contribution in [1.29, 1.82) is 0 Å². The lowest BCUT2D eigenvalue weighted by Crippen LogP contribution is -1.92. The summed E-state index contributed by atoms with van der Waals surface area (Å²) in [7, 11) is 0. The Balaban J connectivity index is 2.69. The average molecular weight is 241 g/mol. The van der Waals surface area contributed by atoms with Crippen LogP contribution in [0.4, 0.5) is 4.39 Å². The Bertz CT molecular complexity index is 553. The smallest absolute Gasteiger partial charge is 0.197 e. The first kappa shape index (κ1) is 10.3. The van der Waals surface area contributed by atoms with Crippen LogP contribution >= 0.6 is 23.8 Å². The van der Waals surface area contributed by atoms with E-state index in [-0.39, 0.29) is 10.5 Å². The van der Waals surface area contributed by atoms with Gasteiger partial charge in [0.1, 0.15) is 0 Å². The Kier molecular flexibility index (Phi) is 2.79.